The van der Waals surface area contributed by atoms with Gasteiger partial charge in [0.15, 0.2) is 5.82 Å². The molecule has 0 fully saturated rings. The highest BCUT2D eigenvalue weighted by Crippen LogP contribution is 2.35. The van der Waals surface area contributed by atoms with Gasteiger partial charge in [-0.25, -0.2) is 4.39 Å². The smallest absolute Gasteiger partial charge is 0.342 e. The summed E-state index contributed by atoms with van der Waals surface area (Å²) in [5.41, 5.74) is -2.02. The van der Waals surface area contributed by atoms with Gasteiger partial charge >= 0.3 is 6.18 Å². The molecule has 0 saturated heterocycles. The number of rotatable bonds is 5. The zero-order valence-electron chi connectivity index (χ0n) is 12.6. The summed E-state index contributed by atoms with van der Waals surface area (Å²) in [6.45, 7) is 0. The third kappa shape index (κ3) is 4.57. The number of nitrogens with one attached hydrogen (secondary N) is 1. The van der Waals surface area contributed by atoms with Gasteiger partial charge in [0.1, 0.15) is 6.29 Å². The molecule has 0 heterocycles. The van der Waals surface area contributed by atoms with Crippen LogP contribution in [-0.2, 0) is 17.4 Å². The third-order valence-corrected chi connectivity index (χ3v) is 3.70. The minimum Gasteiger partial charge on any atom is -0.342 e. The molecule has 8 heteroatoms. The van der Waals surface area contributed by atoms with Gasteiger partial charge in [0.2, 0.25) is 0 Å². The number of hydrogen-bond donors (Lipinski definition) is 1. The van der Waals surface area contributed by atoms with Crippen molar-refractivity contribution in [3.63, 3.8) is 0 Å². The average Bonchev–Trinajstić information content (AvgIpc) is 2.56. The maximum absolute atomic E-state index is 14.0. The molecule has 0 bridgehead atoms. The lowest BCUT2D eigenvalue weighted by Crippen LogP contribution is -2.39. The molecule has 0 saturated carbocycles. The molecule has 3 nitrogen and oxygen atoms in total. The van der Waals surface area contributed by atoms with E-state index in [2.05, 4.69) is 5.32 Å². The first-order valence-electron chi connectivity index (χ1n) is 7.09. The van der Waals surface area contributed by atoms with Gasteiger partial charge in [-0.15, -0.1) is 0 Å². The first-order chi connectivity index (χ1) is 11.7. The van der Waals surface area contributed by atoms with E-state index in [0.29, 0.717) is 17.9 Å². The molecular formula is C17H12ClF4NO2. The van der Waals surface area contributed by atoms with E-state index in [1.54, 1.807) is 30.3 Å². The predicted molar refractivity (Wildman–Crippen MR) is 83.9 cm³/mol. The summed E-state index contributed by atoms with van der Waals surface area (Å²) in [6.07, 6.45) is -4.52. The number of aldehydes is 1. The van der Waals surface area contributed by atoms with Gasteiger partial charge in [0.05, 0.1) is 22.2 Å². The van der Waals surface area contributed by atoms with Crippen LogP contribution >= 0.6 is 11.6 Å². The Balaban J connectivity index is 2.30. The molecular weight excluding hydrogens is 362 g/mol. The summed E-state index contributed by atoms with van der Waals surface area (Å²) in [5, 5.41) is 1.48. The van der Waals surface area contributed by atoms with Crippen LogP contribution in [0, 0.1) is 5.82 Å². The molecule has 1 N–H and O–H groups in total. The Kier molecular flexibility index (Phi) is 5.79. The van der Waals surface area contributed by atoms with Crippen LogP contribution in [0.2, 0.25) is 5.02 Å². The van der Waals surface area contributed by atoms with Crippen molar-refractivity contribution in [2.24, 2.45) is 0 Å². The van der Waals surface area contributed by atoms with Gasteiger partial charge in [0.25, 0.3) is 5.91 Å². The minimum absolute atomic E-state index is 0.0552. The minimum atomic E-state index is -4.95. The Morgan fingerprint density at radius 2 is 1.80 bits per heavy atom. The fraction of sp³-hybridized carbons (Fsp3) is 0.176. The lowest BCUT2D eigenvalue weighted by Gasteiger charge is -2.17. The molecule has 25 heavy (non-hydrogen) atoms. The number of benzene rings is 2. The number of amides is 1. The molecule has 0 aliphatic carbocycles. The Hall–Kier alpha value is -2.41. The SMILES string of the molecule is O=CC(Cc1ccccc1)NC(=O)c1c(C(F)(F)F)ccc(Cl)c1F. The second-order valence-corrected chi connectivity index (χ2v) is 5.59. The van der Waals surface area contributed by atoms with Crippen molar-refractivity contribution in [3.8, 4) is 0 Å². The summed E-state index contributed by atoms with van der Waals surface area (Å²) in [5.74, 6) is -2.85. The lowest BCUT2D eigenvalue weighted by molar-refractivity contribution is -0.138. The largest absolute Gasteiger partial charge is 0.417 e. The van der Waals surface area contributed by atoms with Crippen molar-refractivity contribution in [1.82, 2.24) is 5.32 Å². The molecule has 0 spiro atoms. The Bertz CT molecular complexity index is 778. The summed E-state index contributed by atoms with van der Waals surface area (Å²) in [6, 6.07) is 8.65. The fourth-order valence-corrected chi connectivity index (χ4v) is 2.41. The Morgan fingerprint density at radius 3 is 2.36 bits per heavy atom. The standard InChI is InChI=1S/C17H12ClF4NO2/c18-13-7-6-12(17(20,21)22)14(15(13)19)16(25)23-11(9-24)8-10-4-2-1-3-5-10/h1-7,9,11H,8H2,(H,23,25). The van der Waals surface area contributed by atoms with E-state index in [4.69, 9.17) is 11.6 Å². The van der Waals surface area contributed by atoms with Gasteiger partial charge < -0.3 is 10.1 Å². The van der Waals surface area contributed by atoms with Crippen molar-refractivity contribution < 1.29 is 27.2 Å². The number of alkyl halides is 3. The van der Waals surface area contributed by atoms with Gasteiger partial charge in [-0.1, -0.05) is 41.9 Å². The number of carbonyl (C=O) groups excluding carboxylic acids is 2. The summed E-state index contributed by atoms with van der Waals surface area (Å²) in [4.78, 5) is 23.3. The molecule has 0 aromatic heterocycles. The Labute approximate surface area is 145 Å². The van der Waals surface area contributed by atoms with Crippen molar-refractivity contribution in [2.45, 2.75) is 18.6 Å². The van der Waals surface area contributed by atoms with Crippen LogP contribution in [0.15, 0.2) is 42.5 Å². The summed E-state index contributed by atoms with van der Waals surface area (Å²) >= 11 is 5.49. The first-order valence-corrected chi connectivity index (χ1v) is 7.47. The van der Waals surface area contributed by atoms with Crippen molar-refractivity contribution in [1.29, 1.82) is 0 Å². The van der Waals surface area contributed by atoms with Gasteiger partial charge in [-0.05, 0) is 24.1 Å². The highest BCUT2D eigenvalue weighted by atomic mass is 35.5. The topological polar surface area (TPSA) is 46.2 Å². The average molecular weight is 374 g/mol. The zero-order valence-corrected chi connectivity index (χ0v) is 13.4. The van der Waals surface area contributed by atoms with E-state index in [1.807, 2.05) is 0 Å². The summed E-state index contributed by atoms with van der Waals surface area (Å²) < 4.78 is 53.1. The molecule has 0 aliphatic rings. The van der Waals surface area contributed by atoms with Crippen LogP contribution in [0.25, 0.3) is 0 Å². The maximum atomic E-state index is 14.0. The second-order valence-electron chi connectivity index (χ2n) is 5.19. The predicted octanol–water partition coefficient (Wildman–Crippen LogP) is 4.04. The van der Waals surface area contributed by atoms with E-state index in [0.717, 1.165) is 6.07 Å². The van der Waals surface area contributed by atoms with E-state index >= 15 is 0 Å². The van der Waals surface area contributed by atoms with Crippen molar-refractivity contribution >= 4 is 23.8 Å². The van der Waals surface area contributed by atoms with Crippen LogP contribution in [-0.4, -0.2) is 18.2 Å². The molecule has 0 aliphatic heterocycles. The number of hydrogen-bond acceptors (Lipinski definition) is 2. The molecule has 2 rings (SSSR count). The Morgan fingerprint density at radius 1 is 1.16 bits per heavy atom. The molecule has 1 unspecified atom stereocenters. The van der Waals surface area contributed by atoms with Gasteiger partial charge in [0, 0.05) is 0 Å². The van der Waals surface area contributed by atoms with E-state index < -0.39 is 40.1 Å². The van der Waals surface area contributed by atoms with Crippen molar-refractivity contribution in [3.05, 3.63) is 70.0 Å². The maximum Gasteiger partial charge on any atom is 0.417 e. The van der Waals surface area contributed by atoms with Crippen molar-refractivity contribution in [2.75, 3.05) is 0 Å². The van der Waals surface area contributed by atoms with Crippen LogP contribution in [0.3, 0.4) is 0 Å². The van der Waals surface area contributed by atoms with E-state index in [1.165, 1.54) is 0 Å². The molecule has 0 radical (unpaired) electrons. The normalized spacial score (nSPS) is 12.5. The fourth-order valence-electron chi connectivity index (χ4n) is 2.25. The molecule has 1 atom stereocenters. The molecule has 1 amide bonds. The summed E-state index contributed by atoms with van der Waals surface area (Å²) in [7, 11) is 0. The third-order valence-electron chi connectivity index (χ3n) is 3.41. The molecule has 2 aromatic carbocycles. The van der Waals surface area contributed by atoms with Gasteiger partial charge in [-0.2, -0.15) is 13.2 Å². The quantitative estimate of drug-likeness (QED) is 0.635. The van der Waals surface area contributed by atoms with Crippen LogP contribution < -0.4 is 5.32 Å². The second kappa shape index (κ2) is 7.65. The van der Waals surface area contributed by atoms with E-state index in [9.17, 15) is 27.2 Å². The lowest BCUT2D eigenvalue weighted by atomic mass is 10.0. The highest BCUT2D eigenvalue weighted by Gasteiger charge is 2.38. The van der Waals surface area contributed by atoms with Crippen LogP contribution in [0.1, 0.15) is 21.5 Å². The van der Waals surface area contributed by atoms with Crippen LogP contribution in [0.5, 0.6) is 0 Å². The van der Waals surface area contributed by atoms with Crippen LogP contribution in [0.4, 0.5) is 17.6 Å². The first kappa shape index (κ1) is 18.9. The van der Waals surface area contributed by atoms with E-state index in [-0.39, 0.29) is 6.42 Å². The molecule has 132 valence electrons. The number of carbonyl (C=O) groups is 2. The molecule has 2 aromatic rings. The monoisotopic (exact) mass is 373 g/mol. The highest BCUT2D eigenvalue weighted by molar-refractivity contribution is 6.31. The van der Waals surface area contributed by atoms with Gasteiger partial charge in [-0.3, -0.25) is 4.79 Å². The number of halogens is 5. The zero-order chi connectivity index (χ0) is 18.6.